The van der Waals surface area contributed by atoms with Gasteiger partial charge in [0.1, 0.15) is 11.5 Å². The van der Waals surface area contributed by atoms with Crippen molar-refractivity contribution < 1.29 is 14.3 Å². The number of aromatic nitrogens is 2. The van der Waals surface area contributed by atoms with Crippen molar-refractivity contribution in [1.29, 1.82) is 0 Å². The zero-order valence-electron chi connectivity index (χ0n) is 15.3. The van der Waals surface area contributed by atoms with E-state index < -0.39 is 0 Å². The van der Waals surface area contributed by atoms with Crippen molar-refractivity contribution in [2.24, 2.45) is 0 Å². The van der Waals surface area contributed by atoms with Gasteiger partial charge in [-0.1, -0.05) is 17.7 Å². The van der Waals surface area contributed by atoms with Crippen molar-refractivity contribution >= 4 is 17.5 Å². The number of benzene rings is 2. The molecule has 1 N–H and O–H groups in total. The van der Waals surface area contributed by atoms with Crippen molar-refractivity contribution in [3.05, 3.63) is 70.5 Å². The van der Waals surface area contributed by atoms with Crippen LogP contribution in [0.15, 0.2) is 48.7 Å². The number of nitrogens with one attached hydrogen (secondary N) is 1. The summed E-state index contributed by atoms with van der Waals surface area (Å²) in [6.07, 6.45) is 1.55. The van der Waals surface area contributed by atoms with Crippen LogP contribution >= 0.6 is 11.6 Å². The summed E-state index contributed by atoms with van der Waals surface area (Å²) in [6.45, 7) is 2.17. The highest BCUT2D eigenvalue weighted by Gasteiger charge is 2.16. The summed E-state index contributed by atoms with van der Waals surface area (Å²) in [4.78, 5) is 12.6. The van der Waals surface area contributed by atoms with E-state index in [9.17, 15) is 4.79 Å². The molecule has 0 saturated heterocycles. The zero-order valence-corrected chi connectivity index (χ0v) is 16.1. The maximum Gasteiger partial charge on any atom is 0.255 e. The van der Waals surface area contributed by atoms with E-state index in [1.807, 2.05) is 31.2 Å². The van der Waals surface area contributed by atoms with Gasteiger partial charge in [0.2, 0.25) is 0 Å². The number of ether oxygens (including phenoxy) is 2. The standard InChI is InChI=1S/C20H20ClN3O3/c1-13-18(12-23-24(13)16-6-4-5-15(21)9-16)20(25)22-11-14-7-8-17(26-2)10-19(14)27-3/h4-10,12H,11H2,1-3H3,(H,22,25). The van der Waals surface area contributed by atoms with Gasteiger partial charge >= 0.3 is 0 Å². The molecule has 0 aliphatic rings. The number of amides is 1. The lowest BCUT2D eigenvalue weighted by Crippen LogP contribution is -2.23. The first-order valence-corrected chi connectivity index (χ1v) is 8.71. The van der Waals surface area contributed by atoms with Crippen molar-refractivity contribution in [3.63, 3.8) is 0 Å². The summed E-state index contributed by atoms with van der Waals surface area (Å²) in [6, 6.07) is 12.8. The van der Waals surface area contributed by atoms with E-state index in [0.717, 1.165) is 16.9 Å². The zero-order chi connectivity index (χ0) is 19.4. The van der Waals surface area contributed by atoms with Crippen LogP contribution in [0.4, 0.5) is 0 Å². The fourth-order valence-corrected chi connectivity index (χ4v) is 2.95. The molecule has 7 heteroatoms. The SMILES string of the molecule is COc1ccc(CNC(=O)c2cnn(-c3cccc(Cl)c3)c2C)c(OC)c1. The van der Waals surface area contributed by atoms with Gasteiger partial charge in [0, 0.05) is 23.2 Å². The Kier molecular flexibility index (Phi) is 5.66. The Hall–Kier alpha value is -2.99. The van der Waals surface area contributed by atoms with Crippen LogP contribution in [-0.4, -0.2) is 29.9 Å². The summed E-state index contributed by atoms with van der Waals surface area (Å²) >= 11 is 6.04. The van der Waals surface area contributed by atoms with Gasteiger partial charge in [0.25, 0.3) is 5.91 Å². The molecule has 3 rings (SSSR count). The van der Waals surface area contributed by atoms with Gasteiger partial charge in [0.05, 0.1) is 37.4 Å². The topological polar surface area (TPSA) is 65.4 Å². The Labute approximate surface area is 162 Å². The third kappa shape index (κ3) is 4.06. The monoisotopic (exact) mass is 385 g/mol. The lowest BCUT2D eigenvalue weighted by atomic mass is 10.1. The highest BCUT2D eigenvalue weighted by Crippen LogP contribution is 2.24. The van der Waals surface area contributed by atoms with Crippen molar-refractivity contribution in [1.82, 2.24) is 15.1 Å². The molecule has 1 amide bonds. The molecule has 3 aromatic rings. The molecule has 0 aliphatic carbocycles. The van der Waals surface area contributed by atoms with E-state index >= 15 is 0 Å². The number of nitrogens with zero attached hydrogens (tertiary/aromatic N) is 2. The van der Waals surface area contributed by atoms with Gasteiger partial charge in [-0.25, -0.2) is 4.68 Å². The van der Waals surface area contributed by atoms with Crippen LogP contribution in [0.5, 0.6) is 11.5 Å². The largest absolute Gasteiger partial charge is 0.497 e. The number of carbonyl (C=O) groups is 1. The van der Waals surface area contributed by atoms with E-state index in [0.29, 0.717) is 28.6 Å². The maximum atomic E-state index is 12.6. The van der Waals surface area contributed by atoms with E-state index in [4.69, 9.17) is 21.1 Å². The molecule has 0 spiro atoms. The molecule has 0 fully saturated rings. The Morgan fingerprint density at radius 3 is 2.70 bits per heavy atom. The van der Waals surface area contributed by atoms with E-state index in [-0.39, 0.29) is 5.91 Å². The Balaban J connectivity index is 1.76. The second kappa shape index (κ2) is 8.14. The minimum absolute atomic E-state index is 0.210. The second-order valence-electron chi connectivity index (χ2n) is 5.90. The second-order valence-corrected chi connectivity index (χ2v) is 6.33. The van der Waals surface area contributed by atoms with Gasteiger partial charge in [0.15, 0.2) is 0 Å². The molecule has 27 heavy (non-hydrogen) atoms. The minimum atomic E-state index is -0.210. The normalized spacial score (nSPS) is 10.5. The Morgan fingerprint density at radius 2 is 2.00 bits per heavy atom. The average molecular weight is 386 g/mol. The molecule has 1 aromatic heterocycles. The molecule has 0 atom stereocenters. The van der Waals surface area contributed by atoms with Gasteiger partial charge in [-0.2, -0.15) is 5.10 Å². The predicted molar refractivity (Wildman–Crippen MR) is 104 cm³/mol. The van der Waals surface area contributed by atoms with Crippen LogP contribution in [0.1, 0.15) is 21.6 Å². The highest BCUT2D eigenvalue weighted by atomic mass is 35.5. The van der Waals surface area contributed by atoms with E-state index in [2.05, 4.69) is 10.4 Å². The molecular formula is C20H20ClN3O3. The summed E-state index contributed by atoms with van der Waals surface area (Å²) < 4.78 is 12.2. The Bertz CT molecular complexity index is 969. The molecule has 2 aromatic carbocycles. The highest BCUT2D eigenvalue weighted by molar-refractivity contribution is 6.30. The fourth-order valence-electron chi connectivity index (χ4n) is 2.77. The van der Waals surface area contributed by atoms with Crippen LogP contribution in [-0.2, 0) is 6.54 Å². The quantitative estimate of drug-likeness (QED) is 0.701. The third-order valence-electron chi connectivity index (χ3n) is 4.24. The molecule has 0 bridgehead atoms. The fraction of sp³-hybridized carbons (Fsp3) is 0.200. The predicted octanol–water partition coefficient (Wildman–Crippen LogP) is 3.78. The molecule has 140 valence electrons. The first-order valence-electron chi connectivity index (χ1n) is 8.33. The van der Waals surface area contributed by atoms with Gasteiger partial charge in [-0.05, 0) is 37.3 Å². The smallest absolute Gasteiger partial charge is 0.255 e. The molecule has 1 heterocycles. The van der Waals surface area contributed by atoms with Crippen LogP contribution in [0.3, 0.4) is 0 Å². The maximum absolute atomic E-state index is 12.6. The molecule has 6 nitrogen and oxygen atoms in total. The number of halogens is 1. The number of methoxy groups -OCH3 is 2. The van der Waals surface area contributed by atoms with Crippen LogP contribution < -0.4 is 14.8 Å². The summed E-state index contributed by atoms with van der Waals surface area (Å²) in [5.74, 6) is 1.14. The molecule has 0 radical (unpaired) electrons. The molecule has 0 aliphatic heterocycles. The molecule has 0 unspecified atom stereocenters. The summed E-state index contributed by atoms with van der Waals surface area (Å²) in [5, 5.41) is 7.83. The lowest BCUT2D eigenvalue weighted by Gasteiger charge is -2.11. The van der Waals surface area contributed by atoms with Gasteiger partial charge in [-0.15, -0.1) is 0 Å². The van der Waals surface area contributed by atoms with Crippen molar-refractivity contribution in [2.75, 3.05) is 14.2 Å². The first-order chi connectivity index (χ1) is 13.0. The average Bonchev–Trinajstić information content (AvgIpc) is 3.07. The van der Waals surface area contributed by atoms with E-state index in [1.54, 1.807) is 43.3 Å². The van der Waals surface area contributed by atoms with Crippen molar-refractivity contribution in [3.8, 4) is 17.2 Å². The van der Waals surface area contributed by atoms with Crippen molar-refractivity contribution in [2.45, 2.75) is 13.5 Å². The number of carbonyl (C=O) groups excluding carboxylic acids is 1. The number of hydrogen-bond acceptors (Lipinski definition) is 4. The summed E-state index contributed by atoms with van der Waals surface area (Å²) in [5.41, 5.74) is 2.89. The van der Waals surface area contributed by atoms with Crippen LogP contribution in [0, 0.1) is 6.92 Å². The lowest BCUT2D eigenvalue weighted by molar-refractivity contribution is 0.0950. The summed E-state index contributed by atoms with van der Waals surface area (Å²) in [7, 11) is 3.18. The minimum Gasteiger partial charge on any atom is -0.497 e. The first kappa shape index (κ1) is 18.8. The van der Waals surface area contributed by atoms with Crippen LogP contribution in [0.2, 0.25) is 5.02 Å². The molecule has 0 saturated carbocycles. The molecular weight excluding hydrogens is 366 g/mol. The number of rotatable bonds is 6. The van der Waals surface area contributed by atoms with Gasteiger partial charge < -0.3 is 14.8 Å². The third-order valence-corrected chi connectivity index (χ3v) is 4.48. The number of hydrogen-bond donors (Lipinski definition) is 1. The van der Waals surface area contributed by atoms with Gasteiger partial charge in [-0.3, -0.25) is 4.79 Å². The van der Waals surface area contributed by atoms with Crippen LogP contribution in [0.25, 0.3) is 5.69 Å². The Morgan fingerprint density at radius 1 is 1.19 bits per heavy atom. The van der Waals surface area contributed by atoms with E-state index in [1.165, 1.54) is 0 Å².